The Kier molecular flexibility index (Phi) is 7.77. The van der Waals surface area contributed by atoms with Crippen LogP contribution in [0.4, 0.5) is 17.1 Å². The molecule has 0 amide bonds. The minimum absolute atomic E-state index is 0.109. The lowest BCUT2D eigenvalue weighted by Gasteiger charge is -2.30. The van der Waals surface area contributed by atoms with Gasteiger partial charge in [-0.15, -0.1) is 11.3 Å². The lowest BCUT2D eigenvalue weighted by Crippen LogP contribution is -2.16. The number of rotatable bonds is 6. The third-order valence-corrected chi connectivity index (χ3v) is 13.3. The van der Waals surface area contributed by atoms with Crippen LogP contribution in [0.1, 0.15) is 25.0 Å². The first-order valence-corrected chi connectivity index (χ1v) is 20.6. The average molecular weight is 746 g/mol. The fourth-order valence-corrected chi connectivity index (χ4v) is 10.4. The molecule has 0 radical (unpaired) electrons. The van der Waals surface area contributed by atoms with Gasteiger partial charge in [0.1, 0.15) is 0 Å². The van der Waals surface area contributed by atoms with Crippen LogP contribution in [0.25, 0.3) is 75.5 Å². The third kappa shape index (κ3) is 5.51. The molecule has 0 fully saturated rings. The minimum atomic E-state index is -0.109. The maximum absolute atomic E-state index is 2.45. The van der Waals surface area contributed by atoms with Crippen molar-refractivity contribution in [1.82, 2.24) is 0 Å². The van der Waals surface area contributed by atoms with Crippen LogP contribution in [0, 0.1) is 0 Å². The molecule has 0 saturated carbocycles. The summed E-state index contributed by atoms with van der Waals surface area (Å²) in [7, 11) is 0. The molecule has 270 valence electrons. The zero-order valence-electron chi connectivity index (χ0n) is 31.9. The number of fused-ring (bicyclic) bond motifs is 7. The lowest BCUT2D eigenvalue weighted by molar-refractivity contribution is 0.660. The molecule has 1 aliphatic carbocycles. The molecule has 11 rings (SSSR count). The van der Waals surface area contributed by atoms with Crippen LogP contribution < -0.4 is 4.90 Å². The van der Waals surface area contributed by atoms with Crippen LogP contribution in [0.2, 0.25) is 0 Å². The first kappa shape index (κ1) is 33.6. The Labute approximate surface area is 337 Å². The molecule has 0 spiro atoms. The Morgan fingerprint density at radius 3 is 1.89 bits per heavy atom. The van der Waals surface area contributed by atoms with E-state index in [-0.39, 0.29) is 5.41 Å². The minimum Gasteiger partial charge on any atom is -0.310 e. The second-order valence-electron chi connectivity index (χ2n) is 15.7. The van der Waals surface area contributed by atoms with Crippen molar-refractivity contribution in [1.29, 1.82) is 0 Å². The number of hydrogen-bond donors (Lipinski definition) is 0. The fourth-order valence-electron chi connectivity index (χ4n) is 9.16. The first-order chi connectivity index (χ1) is 28.0. The maximum Gasteiger partial charge on any atom is 0.0540 e. The molecule has 0 saturated heterocycles. The fraction of sp³-hybridized carbons (Fsp3) is 0.0545. The Balaban J connectivity index is 1.09. The van der Waals surface area contributed by atoms with Gasteiger partial charge in [-0.3, -0.25) is 0 Å². The summed E-state index contributed by atoms with van der Waals surface area (Å²) in [6.07, 6.45) is 0. The molecule has 0 unspecified atom stereocenters. The van der Waals surface area contributed by atoms with E-state index in [9.17, 15) is 0 Å². The molecule has 0 bridgehead atoms. The molecule has 0 aliphatic heterocycles. The van der Waals surface area contributed by atoms with Gasteiger partial charge in [0.2, 0.25) is 0 Å². The zero-order valence-corrected chi connectivity index (χ0v) is 32.7. The van der Waals surface area contributed by atoms with Crippen LogP contribution in [-0.4, -0.2) is 0 Å². The van der Waals surface area contributed by atoms with Gasteiger partial charge in [-0.2, -0.15) is 0 Å². The summed E-state index contributed by atoms with van der Waals surface area (Å²) in [5.41, 5.74) is 16.0. The number of thiophene rings is 1. The highest BCUT2D eigenvalue weighted by Gasteiger charge is 2.36. The number of anilines is 3. The van der Waals surface area contributed by atoms with Crippen LogP contribution >= 0.6 is 11.3 Å². The number of para-hydroxylation sites is 1. The van der Waals surface area contributed by atoms with Gasteiger partial charge >= 0.3 is 0 Å². The zero-order chi connectivity index (χ0) is 38.1. The van der Waals surface area contributed by atoms with E-state index in [0.717, 1.165) is 17.1 Å². The van der Waals surface area contributed by atoms with Crippen LogP contribution in [0.15, 0.2) is 200 Å². The highest BCUT2D eigenvalue weighted by atomic mass is 32.1. The van der Waals surface area contributed by atoms with Gasteiger partial charge in [-0.1, -0.05) is 159 Å². The van der Waals surface area contributed by atoms with Crippen LogP contribution in [-0.2, 0) is 5.41 Å². The van der Waals surface area contributed by atoms with E-state index >= 15 is 0 Å². The summed E-state index contributed by atoms with van der Waals surface area (Å²) >= 11 is 1.89. The average Bonchev–Trinajstić information content (AvgIpc) is 3.76. The predicted octanol–water partition coefficient (Wildman–Crippen LogP) is 16.0. The second-order valence-corrected chi connectivity index (χ2v) is 16.8. The molecule has 10 aromatic rings. The van der Waals surface area contributed by atoms with E-state index in [1.165, 1.54) is 86.6 Å². The number of nitrogens with zero attached hydrogens (tertiary/aromatic N) is 1. The maximum atomic E-state index is 2.45. The molecule has 0 atom stereocenters. The predicted molar refractivity (Wildman–Crippen MR) is 245 cm³/mol. The highest BCUT2D eigenvalue weighted by molar-refractivity contribution is 7.26. The van der Waals surface area contributed by atoms with Crippen LogP contribution in [0.5, 0.6) is 0 Å². The van der Waals surface area contributed by atoms with Crippen molar-refractivity contribution in [2.75, 3.05) is 4.90 Å². The summed E-state index contributed by atoms with van der Waals surface area (Å²) in [6.45, 7) is 4.72. The van der Waals surface area contributed by atoms with Gasteiger partial charge in [-0.25, -0.2) is 0 Å². The largest absolute Gasteiger partial charge is 0.310 e. The molecule has 0 N–H and O–H groups in total. The van der Waals surface area contributed by atoms with Crippen molar-refractivity contribution in [3.63, 3.8) is 0 Å². The second kappa shape index (κ2) is 13.2. The topological polar surface area (TPSA) is 3.24 Å². The Morgan fingerprint density at radius 2 is 1.04 bits per heavy atom. The van der Waals surface area contributed by atoms with Crippen molar-refractivity contribution in [3.05, 3.63) is 211 Å². The molecular weight excluding hydrogens is 707 g/mol. The number of hydrogen-bond acceptors (Lipinski definition) is 2. The van der Waals surface area contributed by atoms with Gasteiger partial charge in [0.05, 0.1) is 5.69 Å². The standard InChI is InChI=1S/C55H39NS/c1-55(2)50-21-11-8-19-45(50)46-31-30-43(35-51(46)55)56(52-22-12-9-18-44(52)37-15-4-3-5-16-37)42-28-26-38(27-29-42)48-33-41(40-25-24-36-14-6-7-17-39(36)32-40)34-49-47-20-10-13-23-53(47)57-54(48)49/h3-35H,1-2H3. The SMILES string of the molecule is CC1(C)c2ccccc2-c2ccc(N(c3ccc(-c4cc(-c5ccc6ccccc6c5)cc5c4sc4ccccc45)cc3)c3ccccc3-c3ccccc3)cc21. The summed E-state index contributed by atoms with van der Waals surface area (Å²) < 4.78 is 2.63. The smallest absolute Gasteiger partial charge is 0.0540 e. The third-order valence-electron chi connectivity index (χ3n) is 12.1. The summed E-state index contributed by atoms with van der Waals surface area (Å²) in [5, 5.41) is 5.13. The lowest BCUT2D eigenvalue weighted by atomic mass is 9.82. The summed E-state index contributed by atoms with van der Waals surface area (Å²) in [6, 6.07) is 73.9. The molecule has 9 aromatic carbocycles. The Hall–Kier alpha value is -6.74. The van der Waals surface area contributed by atoms with E-state index in [2.05, 4.69) is 219 Å². The highest BCUT2D eigenvalue weighted by Crippen LogP contribution is 2.51. The summed E-state index contributed by atoms with van der Waals surface area (Å²) in [4.78, 5) is 2.45. The first-order valence-electron chi connectivity index (χ1n) is 19.8. The number of benzene rings is 9. The quantitative estimate of drug-likeness (QED) is 0.164. The normalized spacial score (nSPS) is 12.9. The van der Waals surface area contributed by atoms with E-state index in [4.69, 9.17) is 0 Å². The Bertz CT molecular complexity index is 3150. The molecule has 57 heavy (non-hydrogen) atoms. The van der Waals surface area contributed by atoms with Crippen molar-refractivity contribution in [2.45, 2.75) is 19.3 Å². The van der Waals surface area contributed by atoms with Crippen LogP contribution in [0.3, 0.4) is 0 Å². The molecule has 1 heterocycles. The van der Waals surface area contributed by atoms with E-state index < -0.39 is 0 Å². The van der Waals surface area contributed by atoms with Crippen molar-refractivity contribution < 1.29 is 0 Å². The Morgan fingerprint density at radius 1 is 0.386 bits per heavy atom. The molecule has 2 heteroatoms. The van der Waals surface area contributed by atoms with Gasteiger partial charge in [0.15, 0.2) is 0 Å². The molecule has 1 aromatic heterocycles. The van der Waals surface area contributed by atoms with Gasteiger partial charge in [-0.05, 0) is 110 Å². The monoisotopic (exact) mass is 745 g/mol. The van der Waals surface area contributed by atoms with Crippen molar-refractivity contribution >= 4 is 59.3 Å². The van der Waals surface area contributed by atoms with E-state index in [1.54, 1.807) is 0 Å². The van der Waals surface area contributed by atoms with Crippen molar-refractivity contribution in [2.24, 2.45) is 0 Å². The van der Waals surface area contributed by atoms with Gasteiger partial charge < -0.3 is 4.90 Å². The van der Waals surface area contributed by atoms with Gasteiger partial charge in [0, 0.05) is 48.1 Å². The van der Waals surface area contributed by atoms with Crippen molar-refractivity contribution in [3.8, 4) is 44.5 Å². The molecule has 1 aliphatic rings. The van der Waals surface area contributed by atoms with Gasteiger partial charge in [0.25, 0.3) is 0 Å². The summed E-state index contributed by atoms with van der Waals surface area (Å²) in [5.74, 6) is 0. The molecular formula is C55H39NS. The molecule has 1 nitrogen and oxygen atoms in total. The van der Waals surface area contributed by atoms with E-state index in [0.29, 0.717) is 0 Å². The van der Waals surface area contributed by atoms with E-state index in [1.807, 2.05) is 11.3 Å².